The van der Waals surface area contributed by atoms with Crippen LogP contribution in [-0.2, 0) is 0 Å². The highest BCUT2D eigenvalue weighted by molar-refractivity contribution is 5.79. The summed E-state index contributed by atoms with van der Waals surface area (Å²) in [6.07, 6.45) is -2.30. The van der Waals surface area contributed by atoms with Crippen molar-refractivity contribution in [3.63, 3.8) is 0 Å². The monoisotopic (exact) mass is 121 g/mol. The van der Waals surface area contributed by atoms with E-state index in [2.05, 4.69) is 4.99 Å². The minimum atomic E-state index is -2.30. The summed E-state index contributed by atoms with van der Waals surface area (Å²) < 4.78 is 22.6. The van der Waals surface area contributed by atoms with Crippen molar-refractivity contribution in [2.24, 2.45) is 4.99 Å². The molecule has 0 aromatic heterocycles. The number of rotatable bonds is 2. The molecule has 0 spiro atoms. The number of halogens is 2. The molecule has 0 saturated carbocycles. The molecular formula is C5H9F2N. The van der Waals surface area contributed by atoms with E-state index in [0.717, 1.165) is 0 Å². The highest BCUT2D eigenvalue weighted by Crippen LogP contribution is 1.91. The average Bonchev–Trinajstić information content (AvgIpc) is 1.61. The molecule has 0 aliphatic rings. The molecule has 48 valence electrons. The maximum atomic E-state index is 11.3. The minimum absolute atomic E-state index is 0.359. The van der Waals surface area contributed by atoms with Gasteiger partial charge in [0.15, 0.2) is 0 Å². The Morgan fingerprint density at radius 3 is 2.12 bits per heavy atom. The third-order valence-corrected chi connectivity index (χ3v) is 0.546. The van der Waals surface area contributed by atoms with Crippen LogP contribution in [0.5, 0.6) is 0 Å². The van der Waals surface area contributed by atoms with Crippen LogP contribution in [0.3, 0.4) is 0 Å². The largest absolute Gasteiger partial charge is 0.289 e. The summed E-state index contributed by atoms with van der Waals surface area (Å²) in [6.45, 7) is 3.03. The second-order valence-electron chi connectivity index (χ2n) is 1.68. The third-order valence-electron chi connectivity index (χ3n) is 0.546. The Kier molecular flexibility index (Phi) is 3.31. The van der Waals surface area contributed by atoms with E-state index in [1.807, 2.05) is 0 Å². The van der Waals surface area contributed by atoms with E-state index >= 15 is 0 Å². The van der Waals surface area contributed by atoms with Gasteiger partial charge in [-0.25, -0.2) is 8.78 Å². The van der Waals surface area contributed by atoms with Crippen LogP contribution in [0.4, 0.5) is 8.78 Å². The van der Waals surface area contributed by atoms with Gasteiger partial charge >= 0.3 is 0 Å². The van der Waals surface area contributed by atoms with Crippen LogP contribution in [0, 0.1) is 0 Å². The fraction of sp³-hybridized carbons (Fsp3) is 0.800. The summed E-state index contributed by atoms with van der Waals surface area (Å²) in [6, 6.07) is 0. The third kappa shape index (κ3) is 5.53. The van der Waals surface area contributed by atoms with Crippen LogP contribution in [0.15, 0.2) is 4.99 Å². The van der Waals surface area contributed by atoms with Crippen molar-refractivity contribution >= 4 is 5.71 Å². The molecule has 0 aliphatic heterocycles. The van der Waals surface area contributed by atoms with Gasteiger partial charge in [-0.05, 0) is 13.8 Å². The lowest BCUT2D eigenvalue weighted by molar-refractivity contribution is 0.158. The van der Waals surface area contributed by atoms with Crippen molar-refractivity contribution in [1.29, 1.82) is 0 Å². The van der Waals surface area contributed by atoms with Crippen molar-refractivity contribution < 1.29 is 8.78 Å². The first-order valence-electron chi connectivity index (χ1n) is 2.38. The molecule has 0 heterocycles. The average molecular weight is 121 g/mol. The van der Waals surface area contributed by atoms with Crippen LogP contribution in [-0.4, -0.2) is 18.7 Å². The number of alkyl halides is 2. The SMILES string of the molecule is CC(C)=NCC(F)F. The van der Waals surface area contributed by atoms with Gasteiger partial charge in [-0.3, -0.25) is 4.99 Å². The molecule has 0 aromatic carbocycles. The summed E-state index contributed by atoms with van der Waals surface area (Å²) in [5.74, 6) is 0. The Hall–Kier alpha value is -0.470. The van der Waals surface area contributed by atoms with E-state index in [9.17, 15) is 8.78 Å². The molecule has 0 radical (unpaired) electrons. The first kappa shape index (κ1) is 7.53. The lowest BCUT2D eigenvalue weighted by Crippen LogP contribution is -1.96. The molecule has 0 aromatic rings. The first-order chi connectivity index (χ1) is 3.63. The standard InChI is InChI=1S/C5H9F2N/c1-4(2)8-3-5(6)7/h5H,3H2,1-2H3. The van der Waals surface area contributed by atoms with Crippen LogP contribution >= 0.6 is 0 Å². The van der Waals surface area contributed by atoms with Gasteiger partial charge in [0, 0.05) is 5.71 Å². The Morgan fingerprint density at radius 1 is 1.50 bits per heavy atom. The van der Waals surface area contributed by atoms with Gasteiger partial charge in [0.1, 0.15) is 0 Å². The predicted molar refractivity (Wildman–Crippen MR) is 29.7 cm³/mol. The fourth-order valence-electron chi connectivity index (χ4n) is 0.252. The summed E-state index contributed by atoms with van der Waals surface area (Å²) in [5, 5.41) is 0. The van der Waals surface area contributed by atoms with Crippen molar-refractivity contribution in [3.8, 4) is 0 Å². The maximum absolute atomic E-state index is 11.3. The molecule has 3 heteroatoms. The van der Waals surface area contributed by atoms with Gasteiger partial charge in [0.05, 0.1) is 6.54 Å². The zero-order valence-electron chi connectivity index (χ0n) is 4.99. The van der Waals surface area contributed by atoms with Gasteiger partial charge in [-0.1, -0.05) is 0 Å². The van der Waals surface area contributed by atoms with Crippen LogP contribution in [0.2, 0.25) is 0 Å². The molecule has 8 heavy (non-hydrogen) atoms. The van der Waals surface area contributed by atoms with Crippen LogP contribution in [0.1, 0.15) is 13.8 Å². The smallest absolute Gasteiger partial charge is 0.257 e. The fourth-order valence-corrected chi connectivity index (χ4v) is 0.252. The van der Waals surface area contributed by atoms with E-state index in [-0.39, 0.29) is 6.54 Å². The van der Waals surface area contributed by atoms with E-state index < -0.39 is 6.43 Å². The Bertz CT molecular complexity index is 84.4. The molecule has 0 amide bonds. The van der Waals surface area contributed by atoms with Gasteiger partial charge in [0.25, 0.3) is 6.43 Å². The minimum Gasteiger partial charge on any atom is -0.289 e. The van der Waals surface area contributed by atoms with Gasteiger partial charge in [-0.15, -0.1) is 0 Å². The first-order valence-corrected chi connectivity index (χ1v) is 2.38. The molecule has 0 fully saturated rings. The number of hydrogen-bond donors (Lipinski definition) is 0. The highest BCUT2D eigenvalue weighted by atomic mass is 19.3. The summed E-state index contributed by atoms with van der Waals surface area (Å²) >= 11 is 0. The second-order valence-corrected chi connectivity index (χ2v) is 1.68. The van der Waals surface area contributed by atoms with Crippen LogP contribution in [0.25, 0.3) is 0 Å². The van der Waals surface area contributed by atoms with Gasteiger partial charge in [-0.2, -0.15) is 0 Å². The van der Waals surface area contributed by atoms with E-state index in [0.29, 0.717) is 5.71 Å². The zero-order chi connectivity index (χ0) is 6.57. The number of hydrogen-bond acceptors (Lipinski definition) is 1. The molecule has 1 nitrogen and oxygen atoms in total. The van der Waals surface area contributed by atoms with Crippen molar-refractivity contribution in [2.75, 3.05) is 6.54 Å². The lowest BCUT2D eigenvalue weighted by atomic mass is 10.5. The number of nitrogens with zero attached hydrogens (tertiary/aromatic N) is 1. The molecule has 0 N–H and O–H groups in total. The zero-order valence-corrected chi connectivity index (χ0v) is 4.99. The second kappa shape index (κ2) is 3.52. The summed E-state index contributed by atoms with van der Waals surface area (Å²) in [5.41, 5.74) is 0.699. The van der Waals surface area contributed by atoms with Crippen molar-refractivity contribution in [1.82, 2.24) is 0 Å². The highest BCUT2D eigenvalue weighted by Gasteiger charge is 1.96. The Labute approximate surface area is 47.4 Å². The molecule has 0 unspecified atom stereocenters. The lowest BCUT2D eigenvalue weighted by Gasteiger charge is -1.90. The number of aliphatic imine (C=N–C) groups is 1. The van der Waals surface area contributed by atoms with Crippen LogP contribution < -0.4 is 0 Å². The van der Waals surface area contributed by atoms with E-state index in [4.69, 9.17) is 0 Å². The quantitative estimate of drug-likeness (QED) is 0.493. The Morgan fingerprint density at radius 2 is 2.00 bits per heavy atom. The van der Waals surface area contributed by atoms with Gasteiger partial charge < -0.3 is 0 Å². The van der Waals surface area contributed by atoms with Gasteiger partial charge in [0.2, 0.25) is 0 Å². The molecular weight excluding hydrogens is 112 g/mol. The Balaban J connectivity index is 3.29. The molecule has 0 aliphatic carbocycles. The van der Waals surface area contributed by atoms with E-state index in [1.54, 1.807) is 13.8 Å². The van der Waals surface area contributed by atoms with Crippen molar-refractivity contribution in [3.05, 3.63) is 0 Å². The molecule has 0 atom stereocenters. The normalized spacial score (nSPS) is 9.62. The maximum Gasteiger partial charge on any atom is 0.257 e. The topological polar surface area (TPSA) is 12.4 Å². The molecule has 0 bridgehead atoms. The summed E-state index contributed by atoms with van der Waals surface area (Å²) in [4.78, 5) is 3.49. The van der Waals surface area contributed by atoms with Crippen molar-refractivity contribution in [2.45, 2.75) is 20.3 Å². The molecule has 0 rings (SSSR count). The summed E-state index contributed by atoms with van der Waals surface area (Å²) in [7, 11) is 0. The molecule has 0 saturated heterocycles. The predicted octanol–water partition coefficient (Wildman–Crippen LogP) is 1.73. The van der Waals surface area contributed by atoms with E-state index in [1.165, 1.54) is 0 Å².